The number of hydrogen-bond acceptors (Lipinski definition) is 5. The summed E-state index contributed by atoms with van der Waals surface area (Å²) in [7, 11) is 3.79. The largest absolute Gasteiger partial charge is 0.392 e. The number of carbonyl (C=O) groups is 1. The van der Waals surface area contributed by atoms with Crippen molar-refractivity contribution < 1.29 is 9.90 Å². The van der Waals surface area contributed by atoms with Crippen LogP contribution in [0, 0.1) is 6.92 Å². The number of nitrogens with zero attached hydrogens (tertiary/aromatic N) is 5. The minimum Gasteiger partial charge on any atom is -0.392 e. The van der Waals surface area contributed by atoms with Crippen LogP contribution in [0.2, 0.25) is 0 Å². The molecule has 0 bridgehead atoms. The number of aliphatic hydroxyl groups excluding tert-OH is 1. The number of hydrogen-bond donors (Lipinski definition) is 1. The predicted molar refractivity (Wildman–Crippen MR) is 80.6 cm³/mol. The predicted octanol–water partition coefficient (Wildman–Crippen LogP) is 0.173. The Bertz CT molecular complexity index is 470. The summed E-state index contributed by atoms with van der Waals surface area (Å²) in [6, 6.07) is 0.0672. The van der Waals surface area contributed by atoms with E-state index in [9.17, 15) is 9.90 Å². The zero-order valence-corrected chi connectivity index (χ0v) is 13.9. The molecule has 0 aliphatic carbocycles. The molecular formula is C14H27N5O2. The van der Waals surface area contributed by atoms with E-state index < -0.39 is 6.10 Å². The standard InChI is InChI=1S/C14H27N5O2/c1-10(2)19(7-11(3)20)14(21)9-17(5)8-13-16-15-12(4)18(13)6/h10-11,20H,7-9H2,1-6H3. The lowest BCUT2D eigenvalue weighted by Crippen LogP contribution is -2.45. The van der Waals surface area contributed by atoms with Gasteiger partial charge in [0.25, 0.3) is 0 Å². The maximum absolute atomic E-state index is 12.3. The Balaban J connectivity index is 2.61. The molecule has 1 aromatic rings. The Kier molecular flexibility index (Phi) is 6.29. The van der Waals surface area contributed by atoms with Gasteiger partial charge in [0.1, 0.15) is 11.6 Å². The summed E-state index contributed by atoms with van der Waals surface area (Å²) in [6.07, 6.45) is -0.525. The highest BCUT2D eigenvalue weighted by Gasteiger charge is 2.20. The SMILES string of the molecule is Cc1nnc(CN(C)CC(=O)N(CC(C)O)C(C)C)n1C. The van der Waals surface area contributed by atoms with Gasteiger partial charge < -0.3 is 14.6 Å². The lowest BCUT2D eigenvalue weighted by atomic mass is 10.2. The van der Waals surface area contributed by atoms with Crippen LogP contribution in [-0.4, -0.2) is 67.9 Å². The van der Waals surface area contributed by atoms with Crippen LogP contribution in [0.1, 0.15) is 32.4 Å². The topological polar surface area (TPSA) is 74.5 Å². The van der Waals surface area contributed by atoms with Gasteiger partial charge in [-0.3, -0.25) is 9.69 Å². The summed E-state index contributed by atoms with van der Waals surface area (Å²) in [5.41, 5.74) is 0. The number of aryl methyl sites for hydroxylation is 1. The monoisotopic (exact) mass is 297 g/mol. The molecule has 1 amide bonds. The number of aliphatic hydroxyl groups is 1. The highest BCUT2D eigenvalue weighted by molar-refractivity contribution is 5.78. The van der Waals surface area contributed by atoms with Gasteiger partial charge in [-0.2, -0.15) is 0 Å². The highest BCUT2D eigenvalue weighted by Crippen LogP contribution is 2.05. The molecule has 0 fully saturated rings. The van der Waals surface area contributed by atoms with Crippen molar-refractivity contribution in [1.82, 2.24) is 24.6 Å². The van der Waals surface area contributed by atoms with E-state index in [2.05, 4.69) is 10.2 Å². The fourth-order valence-corrected chi connectivity index (χ4v) is 2.09. The van der Waals surface area contributed by atoms with E-state index in [0.29, 0.717) is 13.1 Å². The van der Waals surface area contributed by atoms with E-state index in [-0.39, 0.29) is 18.5 Å². The second kappa shape index (κ2) is 7.51. The molecule has 1 unspecified atom stereocenters. The zero-order chi connectivity index (χ0) is 16.2. The average Bonchev–Trinajstić information content (AvgIpc) is 2.67. The Morgan fingerprint density at radius 3 is 2.38 bits per heavy atom. The maximum Gasteiger partial charge on any atom is 0.237 e. The first-order valence-electron chi connectivity index (χ1n) is 7.23. The Hall–Kier alpha value is -1.47. The molecule has 1 N–H and O–H groups in total. The van der Waals surface area contributed by atoms with Crippen molar-refractivity contribution in [1.29, 1.82) is 0 Å². The number of carbonyl (C=O) groups excluding carboxylic acids is 1. The third-order valence-corrected chi connectivity index (χ3v) is 3.40. The lowest BCUT2D eigenvalue weighted by molar-refractivity contribution is -0.135. The van der Waals surface area contributed by atoms with Crippen LogP contribution in [0.3, 0.4) is 0 Å². The number of rotatable bonds is 7. The summed E-state index contributed by atoms with van der Waals surface area (Å²) in [4.78, 5) is 15.9. The molecule has 0 aliphatic rings. The van der Waals surface area contributed by atoms with Crippen molar-refractivity contribution in [3.05, 3.63) is 11.6 Å². The number of amides is 1. The highest BCUT2D eigenvalue weighted by atomic mass is 16.3. The molecule has 0 saturated heterocycles. The Labute approximate surface area is 126 Å². The molecule has 1 atom stereocenters. The van der Waals surface area contributed by atoms with Gasteiger partial charge in [0.05, 0.1) is 19.2 Å². The van der Waals surface area contributed by atoms with Crippen molar-refractivity contribution in [2.45, 2.75) is 46.4 Å². The molecule has 0 aliphatic heterocycles. The first-order valence-corrected chi connectivity index (χ1v) is 7.23. The van der Waals surface area contributed by atoms with Crippen LogP contribution < -0.4 is 0 Å². The molecule has 0 saturated carbocycles. The molecule has 1 rings (SSSR count). The molecule has 1 aromatic heterocycles. The van der Waals surface area contributed by atoms with Crippen molar-refractivity contribution in [2.75, 3.05) is 20.1 Å². The third-order valence-electron chi connectivity index (χ3n) is 3.40. The van der Waals surface area contributed by atoms with Gasteiger partial charge in [-0.1, -0.05) is 0 Å². The van der Waals surface area contributed by atoms with Crippen molar-refractivity contribution in [3.63, 3.8) is 0 Å². The van der Waals surface area contributed by atoms with Gasteiger partial charge in [-0.05, 0) is 34.7 Å². The van der Waals surface area contributed by atoms with Gasteiger partial charge in [0.2, 0.25) is 5.91 Å². The molecule has 0 aromatic carbocycles. The number of likely N-dealkylation sites (N-methyl/N-ethyl adjacent to an activating group) is 1. The minimum atomic E-state index is -0.525. The average molecular weight is 297 g/mol. The molecule has 0 spiro atoms. The van der Waals surface area contributed by atoms with Gasteiger partial charge in [-0.25, -0.2) is 0 Å². The van der Waals surface area contributed by atoms with Crippen LogP contribution in [0.4, 0.5) is 0 Å². The fourth-order valence-electron chi connectivity index (χ4n) is 2.09. The van der Waals surface area contributed by atoms with E-state index in [4.69, 9.17) is 0 Å². The molecule has 7 nitrogen and oxygen atoms in total. The van der Waals surface area contributed by atoms with Crippen molar-refractivity contribution in [3.8, 4) is 0 Å². The summed E-state index contributed by atoms with van der Waals surface area (Å²) < 4.78 is 1.91. The van der Waals surface area contributed by atoms with Gasteiger partial charge in [-0.15, -0.1) is 10.2 Å². The first kappa shape index (κ1) is 17.6. The van der Waals surface area contributed by atoms with E-state index in [1.54, 1.807) is 11.8 Å². The minimum absolute atomic E-state index is 0.00675. The summed E-state index contributed by atoms with van der Waals surface area (Å²) in [5.74, 6) is 1.68. The molecule has 21 heavy (non-hydrogen) atoms. The van der Waals surface area contributed by atoms with Gasteiger partial charge in [0.15, 0.2) is 0 Å². The van der Waals surface area contributed by atoms with Gasteiger partial charge >= 0.3 is 0 Å². The van der Waals surface area contributed by atoms with Crippen LogP contribution in [0.15, 0.2) is 0 Å². The Morgan fingerprint density at radius 1 is 1.33 bits per heavy atom. The normalized spacial score (nSPS) is 13.0. The Morgan fingerprint density at radius 2 is 1.95 bits per heavy atom. The summed E-state index contributed by atoms with van der Waals surface area (Å²) in [6.45, 7) is 8.69. The number of aromatic nitrogens is 3. The molecule has 7 heteroatoms. The second-order valence-corrected chi connectivity index (χ2v) is 5.88. The van der Waals surface area contributed by atoms with Crippen molar-refractivity contribution in [2.24, 2.45) is 7.05 Å². The molecule has 1 heterocycles. The summed E-state index contributed by atoms with van der Waals surface area (Å²) in [5, 5.41) is 17.6. The van der Waals surface area contributed by atoms with E-state index in [1.165, 1.54) is 0 Å². The summed E-state index contributed by atoms with van der Waals surface area (Å²) >= 11 is 0. The lowest BCUT2D eigenvalue weighted by Gasteiger charge is -2.29. The second-order valence-electron chi connectivity index (χ2n) is 5.88. The van der Waals surface area contributed by atoms with Crippen molar-refractivity contribution >= 4 is 5.91 Å². The zero-order valence-electron chi connectivity index (χ0n) is 13.9. The van der Waals surface area contributed by atoms with E-state index in [0.717, 1.165) is 11.6 Å². The van der Waals surface area contributed by atoms with Crippen LogP contribution in [-0.2, 0) is 18.4 Å². The van der Waals surface area contributed by atoms with Crippen LogP contribution >= 0.6 is 0 Å². The van der Waals surface area contributed by atoms with E-state index >= 15 is 0 Å². The quantitative estimate of drug-likeness (QED) is 0.777. The molecule has 120 valence electrons. The fraction of sp³-hybridized carbons (Fsp3) is 0.786. The van der Waals surface area contributed by atoms with E-state index in [1.807, 2.05) is 44.3 Å². The third kappa shape index (κ3) is 5.09. The maximum atomic E-state index is 12.3. The smallest absolute Gasteiger partial charge is 0.237 e. The molecular weight excluding hydrogens is 270 g/mol. The van der Waals surface area contributed by atoms with Crippen LogP contribution in [0.5, 0.6) is 0 Å². The van der Waals surface area contributed by atoms with Gasteiger partial charge in [0, 0.05) is 19.6 Å². The first-order chi connectivity index (χ1) is 9.72. The van der Waals surface area contributed by atoms with Crippen LogP contribution in [0.25, 0.3) is 0 Å². The molecule has 0 radical (unpaired) electrons.